The minimum absolute atomic E-state index is 0.624. The number of hydrogen-bond acceptors (Lipinski definition) is 6. The lowest BCUT2D eigenvalue weighted by molar-refractivity contribution is -0.292. The van der Waals surface area contributed by atoms with Crippen molar-refractivity contribution in [2.75, 3.05) is 21.3 Å². The number of nitrogens with two attached hydrogens (primary N) is 1. The molecule has 0 radical (unpaired) electrons. The van der Waals surface area contributed by atoms with Crippen LogP contribution >= 0.6 is 0 Å². The molecule has 1 saturated heterocycles. The van der Waals surface area contributed by atoms with Crippen LogP contribution in [-0.2, 0) is 23.7 Å². The smallest absolute Gasteiger partial charge is 0.249 e. The third-order valence-corrected chi connectivity index (χ3v) is 2.58. The number of carbonyl (C=O) groups is 1. The number of rotatable bonds is 4. The Labute approximate surface area is 93.4 Å². The zero-order valence-corrected chi connectivity index (χ0v) is 9.45. The Morgan fingerprint density at radius 1 is 1.19 bits per heavy atom. The highest BCUT2D eigenvalue weighted by Crippen LogP contribution is 2.25. The Bertz CT molecular complexity index is 248. The van der Waals surface area contributed by atoms with Crippen molar-refractivity contribution in [3.05, 3.63) is 0 Å². The largest absolute Gasteiger partial charge is 0.387 e. The van der Waals surface area contributed by atoms with Gasteiger partial charge in [0.1, 0.15) is 18.3 Å². The predicted octanol–water partition coefficient (Wildman–Crippen LogP) is -1.77. The van der Waals surface area contributed by atoms with Gasteiger partial charge >= 0.3 is 0 Å². The van der Waals surface area contributed by atoms with Crippen LogP contribution in [-0.4, -0.2) is 63.0 Å². The molecule has 0 spiro atoms. The fourth-order valence-corrected chi connectivity index (χ4v) is 1.77. The van der Waals surface area contributed by atoms with Gasteiger partial charge in [0.15, 0.2) is 12.4 Å². The summed E-state index contributed by atoms with van der Waals surface area (Å²) in [5.74, 6) is -0.772. The first-order valence-electron chi connectivity index (χ1n) is 4.78. The first-order valence-corrected chi connectivity index (χ1v) is 4.78. The molecule has 5 unspecified atom stereocenters. The molecule has 1 rings (SSSR count). The standard InChI is InChI=1S/C9H17NO6/c1-13-5-4(11)6(8(10)12)16-9(15-3)7(5)14-2/h4-7,9,11H,1-3H3,(H2,10,12). The lowest BCUT2D eigenvalue weighted by atomic mass is 9.98. The Balaban J connectivity index is 2.89. The van der Waals surface area contributed by atoms with Crippen LogP contribution in [0.4, 0.5) is 0 Å². The second-order valence-electron chi connectivity index (χ2n) is 3.45. The highest BCUT2D eigenvalue weighted by Gasteiger charge is 2.48. The maximum Gasteiger partial charge on any atom is 0.249 e. The Morgan fingerprint density at radius 2 is 1.75 bits per heavy atom. The third kappa shape index (κ3) is 2.33. The summed E-state index contributed by atoms with van der Waals surface area (Å²) in [5.41, 5.74) is 5.10. The average molecular weight is 235 g/mol. The van der Waals surface area contributed by atoms with Crippen LogP contribution < -0.4 is 5.73 Å². The second kappa shape index (κ2) is 5.55. The molecule has 1 amide bonds. The van der Waals surface area contributed by atoms with E-state index in [9.17, 15) is 9.90 Å². The van der Waals surface area contributed by atoms with Gasteiger partial charge in [0.2, 0.25) is 5.91 Å². The van der Waals surface area contributed by atoms with Crippen molar-refractivity contribution in [3.8, 4) is 0 Å². The quantitative estimate of drug-likeness (QED) is 0.598. The summed E-state index contributed by atoms with van der Waals surface area (Å²) in [5, 5.41) is 9.83. The number of carbonyl (C=O) groups excluding carboxylic acids is 1. The summed E-state index contributed by atoms with van der Waals surface area (Å²) in [7, 11) is 4.23. The van der Waals surface area contributed by atoms with E-state index in [1.807, 2.05) is 0 Å². The van der Waals surface area contributed by atoms with Crippen LogP contribution in [0.3, 0.4) is 0 Å². The fraction of sp³-hybridized carbons (Fsp3) is 0.889. The molecule has 7 heteroatoms. The predicted molar refractivity (Wildman–Crippen MR) is 52.5 cm³/mol. The molecule has 3 N–H and O–H groups in total. The summed E-state index contributed by atoms with van der Waals surface area (Å²) < 4.78 is 20.4. The SMILES string of the molecule is COC1OC(C(N)=O)C(O)C(OC)C1OC. The molecule has 0 aromatic rings. The normalized spacial score (nSPS) is 39.6. The Kier molecular flexibility index (Phi) is 4.63. The summed E-state index contributed by atoms with van der Waals surface area (Å²) in [6.07, 6.45) is -4.52. The zero-order chi connectivity index (χ0) is 12.3. The third-order valence-electron chi connectivity index (χ3n) is 2.58. The highest BCUT2D eigenvalue weighted by atomic mass is 16.7. The maximum absolute atomic E-state index is 11.1. The van der Waals surface area contributed by atoms with Crippen molar-refractivity contribution in [2.45, 2.75) is 30.7 Å². The lowest BCUT2D eigenvalue weighted by Crippen LogP contribution is -2.62. The molecule has 0 aromatic heterocycles. The molecule has 1 aliphatic heterocycles. The summed E-state index contributed by atoms with van der Waals surface area (Å²) in [6.45, 7) is 0. The van der Waals surface area contributed by atoms with E-state index in [1.165, 1.54) is 21.3 Å². The van der Waals surface area contributed by atoms with Crippen molar-refractivity contribution < 1.29 is 28.8 Å². The van der Waals surface area contributed by atoms with Crippen LogP contribution in [0.2, 0.25) is 0 Å². The number of aliphatic hydroxyl groups is 1. The molecule has 0 aromatic carbocycles. The Hall–Kier alpha value is -0.730. The van der Waals surface area contributed by atoms with Crippen LogP contribution in [0.1, 0.15) is 0 Å². The monoisotopic (exact) mass is 235 g/mol. The maximum atomic E-state index is 11.1. The zero-order valence-electron chi connectivity index (χ0n) is 9.45. The van der Waals surface area contributed by atoms with Gasteiger partial charge in [-0.05, 0) is 0 Å². The molecule has 5 atom stereocenters. The van der Waals surface area contributed by atoms with Gasteiger partial charge in [0, 0.05) is 21.3 Å². The molecule has 94 valence electrons. The lowest BCUT2D eigenvalue weighted by Gasteiger charge is -2.41. The van der Waals surface area contributed by atoms with Crippen LogP contribution in [0, 0.1) is 0 Å². The van der Waals surface area contributed by atoms with Gasteiger partial charge in [-0.1, -0.05) is 0 Å². The van der Waals surface area contributed by atoms with Crippen LogP contribution in [0.15, 0.2) is 0 Å². The van der Waals surface area contributed by atoms with E-state index in [-0.39, 0.29) is 0 Å². The van der Waals surface area contributed by atoms with E-state index in [0.717, 1.165) is 0 Å². The second-order valence-corrected chi connectivity index (χ2v) is 3.45. The molecule has 7 nitrogen and oxygen atoms in total. The first kappa shape index (κ1) is 13.3. The van der Waals surface area contributed by atoms with Gasteiger partial charge in [0.05, 0.1) is 0 Å². The minimum Gasteiger partial charge on any atom is -0.387 e. The van der Waals surface area contributed by atoms with E-state index in [1.54, 1.807) is 0 Å². The van der Waals surface area contributed by atoms with Crippen molar-refractivity contribution in [1.82, 2.24) is 0 Å². The van der Waals surface area contributed by atoms with Gasteiger partial charge in [-0.2, -0.15) is 0 Å². The van der Waals surface area contributed by atoms with Crippen molar-refractivity contribution in [1.29, 1.82) is 0 Å². The van der Waals surface area contributed by atoms with E-state index < -0.39 is 36.6 Å². The first-order chi connectivity index (χ1) is 7.56. The van der Waals surface area contributed by atoms with E-state index in [4.69, 9.17) is 24.7 Å². The topological polar surface area (TPSA) is 100 Å². The average Bonchev–Trinajstić information content (AvgIpc) is 2.27. The molecule has 1 heterocycles. The van der Waals surface area contributed by atoms with E-state index in [0.29, 0.717) is 0 Å². The van der Waals surface area contributed by atoms with E-state index in [2.05, 4.69) is 0 Å². The number of amides is 1. The molecule has 0 bridgehead atoms. The Morgan fingerprint density at radius 3 is 2.12 bits per heavy atom. The fourth-order valence-electron chi connectivity index (χ4n) is 1.77. The summed E-state index contributed by atoms with van der Waals surface area (Å²) in [4.78, 5) is 11.1. The van der Waals surface area contributed by atoms with Crippen LogP contribution in [0.25, 0.3) is 0 Å². The minimum atomic E-state index is -1.18. The molecular weight excluding hydrogens is 218 g/mol. The van der Waals surface area contributed by atoms with Crippen molar-refractivity contribution in [3.63, 3.8) is 0 Å². The molecule has 1 fully saturated rings. The molecule has 1 aliphatic rings. The number of aliphatic hydroxyl groups excluding tert-OH is 1. The van der Waals surface area contributed by atoms with Gasteiger partial charge in [-0.15, -0.1) is 0 Å². The molecular formula is C9H17NO6. The summed E-state index contributed by atoms with van der Waals surface area (Å²) >= 11 is 0. The highest BCUT2D eigenvalue weighted by molar-refractivity contribution is 5.79. The number of hydrogen-bond donors (Lipinski definition) is 2. The van der Waals surface area contributed by atoms with E-state index >= 15 is 0 Å². The van der Waals surface area contributed by atoms with Gasteiger partial charge in [0.25, 0.3) is 0 Å². The van der Waals surface area contributed by atoms with Gasteiger partial charge in [-0.3, -0.25) is 4.79 Å². The number of primary amides is 1. The molecule has 0 saturated carbocycles. The van der Waals surface area contributed by atoms with Gasteiger partial charge < -0.3 is 29.8 Å². The van der Waals surface area contributed by atoms with Crippen molar-refractivity contribution in [2.24, 2.45) is 5.73 Å². The number of ether oxygens (including phenoxy) is 4. The van der Waals surface area contributed by atoms with Crippen LogP contribution in [0.5, 0.6) is 0 Å². The van der Waals surface area contributed by atoms with Gasteiger partial charge in [-0.25, -0.2) is 0 Å². The summed E-state index contributed by atoms with van der Waals surface area (Å²) in [6, 6.07) is 0. The van der Waals surface area contributed by atoms with Crippen molar-refractivity contribution >= 4 is 5.91 Å². The number of methoxy groups -OCH3 is 3. The molecule has 16 heavy (non-hydrogen) atoms. The molecule has 0 aliphatic carbocycles.